The molecular weight excluding hydrogens is 234 g/mol. The molecule has 17 heavy (non-hydrogen) atoms. The van der Waals surface area contributed by atoms with Crippen LogP contribution in [0.3, 0.4) is 0 Å². The number of thiophene rings is 1. The van der Waals surface area contributed by atoms with Gasteiger partial charge in [0, 0.05) is 6.54 Å². The highest BCUT2D eigenvalue weighted by molar-refractivity contribution is 7.08. The lowest BCUT2D eigenvalue weighted by Gasteiger charge is -2.18. The third kappa shape index (κ3) is 1.90. The molecule has 0 bridgehead atoms. The summed E-state index contributed by atoms with van der Waals surface area (Å²) in [5.74, 6) is 1.65. The lowest BCUT2D eigenvalue weighted by molar-refractivity contribution is 0.171. The number of nitrogens with two attached hydrogens (primary N) is 1. The van der Waals surface area contributed by atoms with Crippen LogP contribution in [-0.2, 0) is 6.54 Å². The van der Waals surface area contributed by atoms with E-state index in [0.29, 0.717) is 19.8 Å². The second kappa shape index (κ2) is 4.39. The number of hydrogen-bond donors (Lipinski definition) is 1. The Hall–Kier alpha value is -1.52. The maximum atomic E-state index is 5.72. The number of ether oxygens (including phenoxy) is 2. The van der Waals surface area contributed by atoms with Crippen molar-refractivity contribution >= 4 is 11.3 Å². The Morgan fingerprint density at radius 2 is 1.94 bits per heavy atom. The largest absolute Gasteiger partial charge is 0.486 e. The Morgan fingerprint density at radius 3 is 2.76 bits per heavy atom. The van der Waals surface area contributed by atoms with Crippen LogP contribution in [0.5, 0.6) is 11.5 Å². The molecule has 0 atom stereocenters. The van der Waals surface area contributed by atoms with E-state index >= 15 is 0 Å². The van der Waals surface area contributed by atoms with Gasteiger partial charge in [-0.2, -0.15) is 11.3 Å². The van der Waals surface area contributed by atoms with E-state index < -0.39 is 0 Å². The van der Waals surface area contributed by atoms with Gasteiger partial charge in [0.1, 0.15) is 13.2 Å². The Kier molecular flexibility index (Phi) is 2.74. The van der Waals surface area contributed by atoms with E-state index in [-0.39, 0.29) is 0 Å². The zero-order chi connectivity index (χ0) is 11.7. The maximum absolute atomic E-state index is 5.72. The topological polar surface area (TPSA) is 44.5 Å². The van der Waals surface area contributed by atoms with Crippen molar-refractivity contribution < 1.29 is 9.47 Å². The molecule has 88 valence electrons. The Balaban J connectivity index is 2.04. The fraction of sp³-hybridized carbons (Fsp3) is 0.231. The molecule has 0 radical (unpaired) electrons. The molecule has 2 N–H and O–H groups in total. The lowest BCUT2D eigenvalue weighted by atomic mass is 10.0. The highest BCUT2D eigenvalue weighted by atomic mass is 32.1. The molecule has 3 nitrogen and oxygen atoms in total. The predicted molar refractivity (Wildman–Crippen MR) is 68.6 cm³/mol. The summed E-state index contributed by atoms with van der Waals surface area (Å²) >= 11 is 1.67. The molecular formula is C13H13NO2S. The van der Waals surface area contributed by atoms with Crippen molar-refractivity contribution in [1.82, 2.24) is 0 Å². The van der Waals surface area contributed by atoms with E-state index in [1.165, 1.54) is 11.1 Å². The van der Waals surface area contributed by atoms with Crippen molar-refractivity contribution in [2.75, 3.05) is 13.2 Å². The molecule has 0 fully saturated rings. The minimum absolute atomic E-state index is 0.563. The second-order valence-corrected chi connectivity index (χ2v) is 4.62. The van der Waals surface area contributed by atoms with E-state index in [0.717, 1.165) is 17.1 Å². The number of rotatable bonds is 2. The predicted octanol–water partition coefficient (Wildman–Crippen LogP) is 2.65. The molecule has 1 aromatic carbocycles. The van der Waals surface area contributed by atoms with Gasteiger partial charge in [0.25, 0.3) is 0 Å². The van der Waals surface area contributed by atoms with Crippen molar-refractivity contribution in [3.05, 3.63) is 34.5 Å². The molecule has 0 saturated heterocycles. The zero-order valence-electron chi connectivity index (χ0n) is 9.31. The summed E-state index contributed by atoms with van der Waals surface area (Å²) in [7, 11) is 0. The molecule has 0 saturated carbocycles. The van der Waals surface area contributed by atoms with Crippen LogP contribution in [0, 0.1) is 0 Å². The normalized spacial score (nSPS) is 13.7. The minimum atomic E-state index is 0.563. The van der Waals surface area contributed by atoms with Gasteiger partial charge in [-0.1, -0.05) is 6.07 Å². The summed E-state index contributed by atoms with van der Waals surface area (Å²) in [5, 5.41) is 4.21. The van der Waals surface area contributed by atoms with Gasteiger partial charge in [0.15, 0.2) is 11.5 Å². The Morgan fingerprint density at radius 1 is 1.12 bits per heavy atom. The fourth-order valence-corrected chi connectivity index (χ4v) is 2.82. The molecule has 2 heterocycles. The average molecular weight is 247 g/mol. The standard InChI is InChI=1S/C13H13NO2S/c14-6-10-7-17-8-11(10)9-1-2-12-13(5-9)16-4-3-15-12/h1-2,5,7-8H,3-4,6,14H2. The Bertz CT molecular complexity index is 536. The van der Waals surface area contributed by atoms with Gasteiger partial charge < -0.3 is 15.2 Å². The summed E-state index contributed by atoms with van der Waals surface area (Å²) in [5.41, 5.74) is 9.22. The highest BCUT2D eigenvalue weighted by Crippen LogP contribution is 2.36. The minimum Gasteiger partial charge on any atom is -0.486 e. The quantitative estimate of drug-likeness (QED) is 0.887. The van der Waals surface area contributed by atoms with Gasteiger partial charge in [-0.15, -0.1) is 0 Å². The number of benzene rings is 1. The lowest BCUT2D eigenvalue weighted by Crippen LogP contribution is -2.15. The van der Waals surface area contributed by atoms with Crippen LogP contribution in [0.15, 0.2) is 29.0 Å². The van der Waals surface area contributed by atoms with Crippen molar-refractivity contribution in [3.8, 4) is 22.6 Å². The summed E-state index contributed by atoms with van der Waals surface area (Å²) in [6.45, 7) is 1.80. The Labute approximate surface area is 104 Å². The van der Waals surface area contributed by atoms with Gasteiger partial charge in [-0.05, 0) is 39.6 Å². The first-order valence-corrected chi connectivity index (χ1v) is 6.48. The number of fused-ring (bicyclic) bond motifs is 1. The monoisotopic (exact) mass is 247 g/mol. The average Bonchev–Trinajstić information content (AvgIpc) is 2.86. The SMILES string of the molecule is NCc1cscc1-c1ccc2c(c1)OCCO2. The van der Waals surface area contributed by atoms with Crippen LogP contribution in [0.25, 0.3) is 11.1 Å². The van der Waals surface area contributed by atoms with E-state index in [4.69, 9.17) is 15.2 Å². The van der Waals surface area contributed by atoms with Gasteiger partial charge >= 0.3 is 0 Å². The molecule has 0 unspecified atom stereocenters. The third-order valence-corrected chi connectivity index (χ3v) is 3.61. The smallest absolute Gasteiger partial charge is 0.161 e. The second-order valence-electron chi connectivity index (χ2n) is 3.87. The zero-order valence-corrected chi connectivity index (χ0v) is 10.1. The van der Waals surface area contributed by atoms with Gasteiger partial charge in [-0.25, -0.2) is 0 Å². The molecule has 4 heteroatoms. The summed E-state index contributed by atoms with van der Waals surface area (Å²) < 4.78 is 11.1. The van der Waals surface area contributed by atoms with Crippen LogP contribution in [0.4, 0.5) is 0 Å². The van der Waals surface area contributed by atoms with Crippen LogP contribution >= 0.6 is 11.3 Å². The molecule has 1 aromatic heterocycles. The third-order valence-electron chi connectivity index (χ3n) is 2.82. The van der Waals surface area contributed by atoms with Crippen molar-refractivity contribution in [2.24, 2.45) is 5.73 Å². The first-order chi connectivity index (χ1) is 8.38. The molecule has 0 aliphatic carbocycles. The van der Waals surface area contributed by atoms with Crippen LogP contribution in [0.1, 0.15) is 5.56 Å². The molecule has 0 amide bonds. The van der Waals surface area contributed by atoms with Crippen molar-refractivity contribution in [3.63, 3.8) is 0 Å². The molecule has 1 aliphatic rings. The van der Waals surface area contributed by atoms with Crippen LogP contribution < -0.4 is 15.2 Å². The fourth-order valence-electron chi connectivity index (χ4n) is 1.95. The van der Waals surface area contributed by atoms with Crippen molar-refractivity contribution in [1.29, 1.82) is 0 Å². The summed E-state index contributed by atoms with van der Waals surface area (Å²) in [6, 6.07) is 6.03. The van der Waals surface area contributed by atoms with Crippen LogP contribution in [-0.4, -0.2) is 13.2 Å². The van der Waals surface area contributed by atoms with Gasteiger partial charge in [0.2, 0.25) is 0 Å². The van der Waals surface area contributed by atoms with E-state index in [1.54, 1.807) is 11.3 Å². The maximum Gasteiger partial charge on any atom is 0.161 e. The van der Waals surface area contributed by atoms with Crippen LogP contribution in [0.2, 0.25) is 0 Å². The van der Waals surface area contributed by atoms with Crippen molar-refractivity contribution in [2.45, 2.75) is 6.54 Å². The molecule has 2 aromatic rings. The highest BCUT2D eigenvalue weighted by Gasteiger charge is 2.13. The molecule has 3 rings (SSSR count). The molecule has 1 aliphatic heterocycles. The van der Waals surface area contributed by atoms with E-state index in [2.05, 4.69) is 16.8 Å². The summed E-state index contributed by atoms with van der Waals surface area (Å²) in [4.78, 5) is 0. The molecule has 0 spiro atoms. The van der Waals surface area contributed by atoms with Gasteiger partial charge in [-0.3, -0.25) is 0 Å². The first-order valence-electron chi connectivity index (χ1n) is 5.53. The van der Waals surface area contributed by atoms with Gasteiger partial charge in [0.05, 0.1) is 0 Å². The number of hydrogen-bond acceptors (Lipinski definition) is 4. The van der Waals surface area contributed by atoms with E-state index in [9.17, 15) is 0 Å². The summed E-state index contributed by atoms with van der Waals surface area (Å²) in [6.07, 6.45) is 0. The van der Waals surface area contributed by atoms with E-state index in [1.807, 2.05) is 12.1 Å². The first kappa shape index (κ1) is 10.6.